The highest BCUT2D eigenvalue weighted by atomic mass is 28.2. The SMILES string of the molecule is CCCCCCCC=[Si](CC)c1ccccc1. The molecule has 0 saturated heterocycles. The third-order valence-electron chi connectivity index (χ3n) is 3.22. The molecule has 0 heterocycles. The normalized spacial score (nSPS) is 11.8. The van der Waals surface area contributed by atoms with Gasteiger partial charge in [-0.25, -0.2) is 0 Å². The lowest BCUT2D eigenvalue weighted by Crippen LogP contribution is -2.22. The van der Waals surface area contributed by atoms with Gasteiger partial charge in [0.15, 0.2) is 0 Å². The second-order valence-corrected chi connectivity index (χ2v) is 7.40. The molecule has 0 aliphatic carbocycles. The van der Waals surface area contributed by atoms with E-state index in [0.29, 0.717) is 0 Å². The third kappa shape index (κ3) is 5.97. The molecule has 0 aliphatic rings. The van der Waals surface area contributed by atoms with Crippen LogP contribution in [0.15, 0.2) is 30.3 Å². The van der Waals surface area contributed by atoms with Gasteiger partial charge in [-0.2, -0.15) is 0 Å². The molecule has 0 bridgehead atoms. The largest absolute Gasteiger partial charge is 0.0995 e. The van der Waals surface area contributed by atoms with Crippen LogP contribution in [-0.2, 0) is 0 Å². The molecular formula is C16H26Si. The van der Waals surface area contributed by atoms with Crippen LogP contribution in [0.5, 0.6) is 0 Å². The molecule has 0 fully saturated rings. The van der Waals surface area contributed by atoms with E-state index in [4.69, 9.17) is 0 Å². The predicted molar refractivity (Wildman–Crippen MR) is 81.8 cm³/mol. The topological polar surface area (TPSA) is 0 Å². The second kappa shape index (κ2) is 9.35. The van der Waals surface area contributed by atoms with Crippen molar-refractivity contribution in [2.45, 2.75) is 58.4 Å². The lowest BCUT2D eigenvalue weighted by Gasteiger charge is -2.04. The average molecular weight is 246 g/mol. The molecule has 1 rings (SSSR count). The smallest absolute Gasteiger partial charge is 0.0413 e. The monoisotopic (exact) mass is 246 g/mol. The van der Waals surface area contributed by atoms with Crippen molar-refractivity contribution in [3.8, 4) is 0 Å². The summed E-state index contributed by atoms with van der Waals surface area (Å²) in [5, 5.41) is 1.58. The zero-order valence-electron chi connectivity index (χ0n) is 11.4. The summed E-state index contributed by atoms with van der Waals surface area (Å²) >= 11 is 0. The molecule has 0 amide bonds. The summed E-state index contributed by atoms with van der Waals surface area (Å²) in [4.78, 5) is 0. The van der Waals surface area contributed by atoms with E-state index in [0.717, 1.165) is 0 Å². The molecule has 0 radical (unpaired) electrons. The van der Waals surface area contributed by atoms with Crippen LogP contribution in [0.1, 0.15) is 52.4 Å². The predicted octanol–water partition coefficient (Wildman–Crippen LogP) is 4.15. The van der Waals surface area contributed by atoms with Crippen LogP contribution in [-0.4, -0.2) is 14.1 Å². The zero-order chi connectivity index (χ0) is 12.3. The van der Waals surface area contributed by atoms with Crippen LogP contribution >= 0.6 is 0 Å². The fourth-order valence-corrected chi connectivity index (χ4v) is 4.25. The maximum absolute atomic E-state index is 2.62. The fourth-order valence-electron chi connectivity index (χ4n) is 2.14. The van der Waals surface area contributed by atoms with Gasteiger partial charge in [0.2, 0.25) is 0 Å². The van der Waals surface area contributed by atoms with Crippen molar-refractivity contribution in [2.75, 3.05) is 0 Å². The van der Waals surface area contributed by atoms with Crippen molar-refractivity contribution >= 4 is 19.3 Å². The van der Waals surface area contributed by atoms with Crippen LogP contribution in [0.3, 0.4) is 0 Å². The van der Waals surface area contributed by atoms with Crippen LogP contribution in [0, 0.1) is 0 Å². The molecular weight excluding hydrogens is 220 g/mol. The Labute approximate surface area is 108 Å². The summed E-state index contributed by atoms with van der Waals surface area (Å²) in [7, 11) is -0.379. The van der Waals surface area contributed by atoms with E-state index in [1.807, 2.05) is 0 Å². The summed E-state index contributed by atoms with van der Waals surface area (Å²) in [6, 6.07) is 12.4. The average Bonchev–Trinajstić information content (AvgIpc) is 2.39. The molecule has 1 heteroatoms. The Morgan fingerprint density at radius 3 is 2.29 bits per heavy atom. The molecule has 17 heavy (non-hydrogen) atoms. The molecule has 0 aromatic heterocycles. The van der Waals surface area contributed by atoms with E-state index in [1.54, 1.807) is 5.19 Å². The summed E-state index contributed by atoms with van der Waals surface area (Å²) in [5.74, 6) is 0. The van der Waals surface area contributed by atoms with Crippen molar-refractivity contribution in [3.63, 3.8) is 0 Å². The minimum atomic E-state index is -0.379. The molecule has 0 spiro atoms. The maximum Gasteiger partial charge on any atom is 0.0413 e. The minimum absolute atomic E-state index is 0.379. The van der Waals surface area contributed by atoms with Gasteiger partial charge in [0, 0.05) is 8.41 Å². The van der Waals surface area contributed by atoms with Crippen LogP contribution in [0.4, 0.5) is 0 Å². The maximum atomic E-state index is 2.62. The van der Waals surface area contributed by atoms with E-state index in [9.17, 15) is 0 Å². The molecule has 0 aliphatic heterocycles. The number of unbranched alkanes of at least 4 members (excludes halogenated alkanes) is 5. The Hall–Kier alpha value is -0.693. The second-order valence-electron chi connectivity index (χ2n) is 4.65. The number of hydrogen-bond donors (Lipinski definition) is 0. The van der Waals surface area contributed by atoms with Gasteiger partial charge in [0.25, 0.3) is 0 Å². The Morgan fingerprint density at radius 2 is 1.65 bits per heavy atom. The molecule has 94 valence electrons. The highest BCUT2D eigenvalue weighted by Gasteiger charge is 1.98. The number of benzene rings is 1. The van der Waals surface area contributed by atoms with Crippen LogP contribution in [0.2, 0.25) is 6.04 Å². The molecule has 0 nitrogen and oxygen atoms in total. The van der Waals surface area contributed by atoms with Gasteiger partial charge in [0.05, 0.1) is 0 Å². The molecule has 0 unspecified atom stereocenters. The molecule has 0 saturated carbocycles. The van der Waals surface area contributed by atoms with Crippen molar-refractivity contribution in [3.05, 3.63) is 30.3 Å². The minimum Gasteiger partial charge on any atom is -0.0995 e. The lowest BCUT2D eigenvalue weighted by atomic mass is 10.1. The van der Waals surface area contributed by atoms with Crippen molar-refractivity contribution in [2.24, 2.45) is 0 Å². The number of rotatable bonds is 8. The van der Waals surface area contributed by atoms with Gasteiger partial charge in [-0.1, -0.05) is 82.0 Å². The quantitative estimate of drug-likeness (QED) is 0.477. The standard InChI is InChI=1S/C16H26Si/c1-3-5-6-7-8-12-15-17(4-2)16-13-10-9-11-14-16/h9-11,13-15H,3-8,12H2,1-2H3. The highest BCUT2D eigenvalue weighted by Crippen LogP contribution is 2.03. The van der Waals surface area contributed by atoms with Crippen molar-refractivity contribution in [1.29, 1.82) is 0 Å². The molecule has 1 aromatic carbocycles. The molecule has 1 aromatic rings. The van der Waals surface area contributed by atoms with Gasteiger partial charge in [-0.15, -0.1) is 0 Å². The first-order chi connectivity index (χ1) is 8.38. The molecule has 0 atom stereocenters. The van der Waals surface area contributed by atoms with Gasteiger partial charge < -0.3 is 0 Å². The lowest BCUT2D eigenvalue weighted by molar-refractivity contribution is 0.646. The van der Waals surface area contributed by atoms with Crippen molar-refractivity contribution < 1.29 is 0 Å². The Balaban J connectivity index is 2.35. The van der Waals surface area contributed by atoms with E-state index < -0.39 is 0 Å². The third-order valence-corrected chi connectivity index (χ3v) is 5.84. The summed E-state index contributed by atoms with van der Waals surface area (Å²) in [5.41, 5.74) is 2.62. The van der Waals surface area contributed by atoms with E-state index in [2.05, 4.69) is 49.9 Å². The van der Waals surface area contributed by atoms with Gasteiger partial charge in [-0.3, -0.25) is 0 Å². The molecule has 0 N–H and O–H groups in total. The van der Waals surface area contributed by atoms with Gasteiger partial charge in [0.1, 0.15) is 0 Å². The summed E-state index contributed by atoms with van der Waals surface area (Å²) in [6.07, 6.45) is 8.30. The van der Waals surface area contributed by atoms with Gasteiger partial charge in [-0.05, 0) is 17.7 Å². The van der Waals surface area contributed by atoms with Crippen molar-refractivity contribution in [1.82, 2.24) is 0 Å². The number of hydrogen-bond acceptors (Lipinski definition) is 0. The zero-order valence-corrected chi connectivity index (χ0v) is 12.4. The first-order valence-corrected chi connectivity index (χ1v) is 8.91. The summed E-state index contributed by atoms with van der Waals surface area (Å²) in [6.45, 7) is 4.61. The first-order valence-electron chi connectivity index (χ1n) is 7.13. The highest BCUT2D eigenvalue weighted by molar-refractivity contribution is 6.78. The first kappa shape index (κ1) is 14.4. The van der Waals surface area contributed by atoms with E-state index in [-0.39, 0.29) is 8.41 Å². The fraction of sp³-hybridized carbons (Fsp3) is 0.562. The van der Waals surface area contributed by atoms with E-state index >= 15 is 0 Å². The summed E-state index contributed by atoms with van der Waals surface area (Å²) < 4.78 is 0. The Morgan fingerprint density at radius 1 is 0.941 bits per heavy atom. The van der Waals surface area contributed by atoms with E-state index in [1.165, 1.54) is 44.6 Å². The Kier molecular flexibility index (Phi) is 7.90. The van der Waals surface area contributed by atoms with Gasteiger partial charge >= 0.3 is 0 Å². The van der Waals surface area contributed by atoms with Crippen LogP contribution in [0.25, 0.3) is 0 Å². The Bertz CT molecular complexity index is 314. The van der Waals surface area contributed by atoms with Crippen LogP contribution < -0.4 is 5.19 Å².